The zero-order valence-corrected chi connectivity index (χ0v) is 19.6. The SMILES string of the molecule is Cc1cc(/C=C2\C(=O)NC(=S)N(c3ccc(F)c(Cl)c3)C2=O)c(C)n1-c1ccc2c(c1)OCO2. The van der Waals surface area contributed by atoms with E-state index in [4.69, 9.17) is 33.3 Å². The maximum absolute atomic E-state index is 13.6. The molecule has 1 aromatic heterocycles. The second-order valence-corrected chi connectivity index (χ2v) is 8.55. The Bertz CT molecular complexity index is 1430. The standard InChI is InChI=1S/C24H17ClFN3O4S/c1-12-7-14(13(2)28(12)16-4-6-20-21(10-16)33-11-32-20)8-17-22(30)27-24(34)29(23(17)31)15-3-5-19(26)18(25)9-15/h3-10H,11H2,1-2H3,(H,27,30,34)/b17-8+. The van der Waals surface area contributed by atoms with Gasteiger partial charge >= 0.3 is 0 Å². The Morgan fingerprint density at radius 2 is 1.79 bits per heavy atom. The van der Waals surface area contributed by atoms with Crippen LogP contribution in [0.4, 0.5) is 10.1 Å². The van der Waals surface area contributed by atoms with Gasteiger partial charge in [0.2, 0.25) is 6.79 Å². The molecule has 0 aliphatic carbocycles. The molecule has 0 spiro atoms. The summed E-state index contributed by atoms with van der Waals surface area (Å²) in [5.74, 6) is -0.558. The highest BCUT2D eigenvalue weighted by Crippen LogP contribution is 2.35. The summed E-state index contributed by atoms with van der Waals surface area (Å²) >= 11 is 11.1. The highest BCUT2D eigenvalue weighted by molar-refractivity contribution is 7.80. The first-order chi connectivity index (χ1) is 16.2. The third kappa shape index (κ3) is 3.63. The van der Waals surface area contributed by atoms with Crippen LogP contribution in [-0.4, -0.2) is 28.3 Å². The predicted octanol–water partition coefficient (Wildman–Crippen LogP) is 4.45. The molecule has 2 aliphatic rings. The van der Waals surface area contributed by atoms with Gasteiger partial charge in [-0.2, -0.15) is 0 Å². The van der Waals surface area contributed by atoms with Gasteiger partial charge in [0, 0.05) is 23.1 Å². The van der Waals surface area contributed by atoms with E-state index < -0.39 is 17.6 Å². The van der Waals surface area contributed by atoms with Gasteiger partial charge < -0.3 is 14.0 Å². The number of nitrogens with zero attached hydrogens (tertiary/aromatic N) is 2. The molecule has 0 bridgehead atoms. The maximum Gasteiger partial charge on any atom is 0.270 e. The average molecular weight is 498 g/mol. The minimum atomic E-state index is -0.635. The van der Waals surface area contributed by atoms with Crippen LogP contribution in [0.25, 0.3) is 11.8 Å². The number of rotatable bonds is 3. The highest BCUT2D eigenvalue weighted by Gasteiger charge is 2.35. The molecule has 1 N–H and O–H groups in total. The van der Waals surface area contributed by atoms with E-state index >= 15 is 0 Å². The van der Waals surface area contributed by atoms with Crippen molar-refractivity contribution in [2.24, 2.45) is 0 Å². The summed E-state index contributed by atoms with van der Waals surface area (Å²) in [6, 6.07) is 11.3. The minimum Gasteiger partial charge on any atom is -0.454 e. The van der Waals surface area contributed by atoms with Gasteiger partial charge in [0.1, 0.15) is 11.4 Å². The van der Waals surface area contributed by atoms with Gasteiger partial charge in [0.25, 0.3) is 11.8 Å². The number of hydrogen-bond acceptors (Lipinski definition) is 5. The molecule has 34 heavy (non-hydrogen) atoms. The molecule has 3 aromatic rings. The lowest BCUT2D eigenvalue weighted by Gasteiger charge is -2.29. The smallest absolute Gasteiger partial charge is 0.270 e. The van der Waals surface area contributed by atoms with Crippen molar-refractivity contribution in [3.63, 3.8) is 0 Å². The van der Waals surface area contributed by atoms with Gasteiger partial charge in [-0.25, -0.2) is 4.39 Å². The molecular weight excluding hydrogens is 481 g/mol. The van der Waals surface area contributed by atoms with Crippen LogP contribution in [0, 0.1) is 19.7 Å². The summed E-state index contributed by atoms with van der Waals surface area (Å²) in [6.07, 6.45) is 1.52. The second kappa shape index (κ2) is 8.27. The first-order valence-corrected chi connectivity index (χ1v) is 11.0. The third-order valence-electron chi connectivity index (χ3n) is 5.65. The fraction of sp³-hybridized carbons (Fsp3) is 0.125. The van der Waals surface area contributed by atoms with E-state index in [1.54, 1.807) is 0 Å². The molecular formula is C24H17ClFN3O4S. The number of thiocarbonyl (C=S) groups is 1. The third-order valence-corrected chi connectivity index (χ3v) is 6.22. The molecule has 0 atom stereocenters. The molecule has 3 heterocycles. The minimum absolute atomic E-state index is 0.111. The maximum atomic E-state index is 13.6. The van der Waals surface area contributed by atoms with E-state index in [9.17, 15) is 14.0 Å². The van der Waals surface area contributed by atoms with Crippen molar-refractivity contribution >= 4 is 52.5 Å². The van der Waals surface area contributed by atoms with Crippen LogP contribution in [0.2, 0.25) is 5.02 Å². The van der Waals surface area contributed by atoms with E-state index in [1.807, 2.05) is 42.7 Å². The fourth-order valence-corrected chi connectivity index (χ4v) is 4.48. The molecule has 1 fully saturated rings. The second-order valence-electron chi connectivity index (χ2n) is 7.76. The Kier molecular flexibility index (Phi) is 5.38. The van der Waals surface area contributed by atoms with E-state index in [2.05, 4.69) is 5.32 Å². The van der Waals surface area contributed by atoms with E-state index in [1.165, 1.54) is 18.2 Å². The Morgan fingerprint density at radius 3 is 2.56 bits per heavy atom. The zero-order chi connectivity index (χ0) is 24.1. The number of fused-ring (bicyclic) bond motifs is 1. The number of nitrogens with one attached hydrogen (secondary N) is 1. The summed E-state index contributed by atoms with van der Waals surface area (Å²) in [7, 11) is 0. The average Bonchev–Trinajstić information content (AvgIpc) is 3.36. The van der Waals surface area contributed by atoms with Crippen LogP contribution in [0.3, 0.4) is 0 Å². The van der Waals surface area contributed by atoms with Crippen molar-refractivity contribution in [2.45, 2.75) is 13.8 Å². The van der Waals surface area contributed by atoms with Crippen molar-refractivity contribution in [2.75, 3.05) is 11.7 Å². The first kappa shape index (κ1) is 22.1. The van der Waals surface area contributed by atoms with Crippen LogP contribution in [0.1, 0.15) is 17.0 Å². The van der Waals surface area contributed by atoms with Crippen molar-refractivity contribution in [3.8, 4) is 17.2 Å². The monoisotopic (exact) mass is 497 g/mol. The number of anilines is 1. The number of aromatic nitrogens is 1. The Hall–Kier alpha value is -3.69. The number of benzene rings is 2. The molecule has 10 heteroatoms. The first-order valence-electron chi connectivity index (χ1n) is 10.2. The summed E-state index contributed by atoms with van der Waals surface area (Å²) in [5.41, 5.74) is 3.38. The van der Waals surface area contributed by atoms with Crippen LogP contribution in [0.5, 0.6) is 11.5 Å². The van der Waals surface area contributed by atoms with E-state index in [-0.39, 0.29) is 28.2 Å². The van der Waals surface area contributed by atoms with Gasteiger partial charge in [-0.1, -0.05) is 11.6 Å². The molecule has 7 nitrogen and oxygen atoms in total. The topological polar surface area (TPSA) is 72.8 Å². The van der Waals surface area contributed by atoms with Gasteiger partial charge in [0.05, 0.1) is 10.7 Å². The Morgan fingerprint density at radius 1 is 1.06 bits per heavy atom. The van der Waals surface area contributed by atoms with Crippen LogP contribution in [0.15, 0.2) is 48.0 Å². The van der Waals surface area contributed by atoms with Gasteiger partial charge in [0.15, 0.2) is 16.6 Å². The Labute approximate surface area is 204 Å². The molecule has 2 aliphatic heterocycles. The van der Waals surface area contributed by atoms with Crippen molar-refractivity contribution < 1.29 is 23.5 Å². The fourth-order valence-electron chi connectivity index (χ4n) is 4.03. The molecule has 2 amide bonds. The normalized spacial score (nSPS) is 16.4. The van der Waals surface area contributed by atoms with Crippen molar-refractivity contribution in [1.82, 2.24) is 9.88 Å². The van der Waals surface area contributed by atoms with Gasteiger partial charge in [-0.3, -0.25) is 19.8 Å². The lowest BCUT2D eigenvalue weighted by atomic mass is 10.1. The number of carbonyl (C=O) groups excluding carboxylic acids is 2. The molecule has 0 saturated carbocycles. The summed E-state index contributed by atoms with van der Waals surface area (Å²) < 4.78 is 26.5. The van der Waals surface area contributed by atoms with Crippen LogP contribution in [-0.2, 0) is 9.59 Å². The molecule has 2 aromatic carbocycles. The summed E-state index contributed by atoms with van der Waals surface area (Å²) in [4.78, 5) is 27.1. The quantitative estimate of drug-likeness (QED) is 0.329. The van der Waals surface area contributed by atoms with E-state index in [0.717, 1.165) is 28.0 Å². The van der Waals surface area contributed by atoms with Crippen molar-refractivity contribution in [3.05, 3.63) is 75.8 Å². The van der Waals surface area contributed by atoms with Crippen LogP contribution >= 0.6 is 23.8 Å². The molecule has 5 rings (SSSR count). The summed E-state index contributed by atoms with van der Waals surface area (Å²) in [5, 5.41) is 2.24. The molecule has 172 valence electrons. The van der Waals surface area contributed by atoms with Gasteiger partial charge in [-0.15, -0.1) is 0 Å². The zero-order valence-electron chi connectivity index (χ0n) is 18.0. The summed E-state index contributed by atoms with van der Waals surface area (Å²) in [6.45, 7) is 3.98. The molecule has 0 unspecified atom stereocenters. The highest BCUT2D eigenvalue weighted by atomic mass is 35.5. The number of hydrogen-bond donors (Lipinski definition) is 1. The van der Waals surface area contributed by atoms with Crippen molar-refractivity contribution in [1.29, 1.82) is 0 Å². The molecule has 0 radical (unpaired) electrons. The number of carbonyl (C=O) groups is 2. The van der Waals surface area contributed by atoms with Crippen LogP contribution < -0.4 is 19.7 Å². The predicted molar refractivity (Wildman–Crippen MR) is 129 cm³/mol. The van der Waals surface area contributed by atoms with E-state index in [0.29, 0.717) is 17.1 Å². The number of halogens is 2. The number of ether oxygens (including phenoxy) is 2. The lowest BCUT2D eigenvalue weighted by Crippen LogP contribution is -2.54. The lowest BCUT2D eigenvalue weighted by molar-refractivity contribution is -0.122. The Balaban J connectivity index is 1.54. The largest absolute Gasteiger partial charge is 0.454 e. The van der Waals surface area contributed by atoms with Gasteiger partial charge in [-0.05, 0) is 74.1 Å². The molecule has 1 saturated heterocycles. The number of amides is 2. The number of aryl methyl sites for hydroxylation is 1.